The van der Waals surface area contributed by atoms with Crippen LogP contribution in [0.15, 0.2) is 42.6 Å². The van der Waals surface area contributed by atoms with E-state index in [2.05, 4.69) is 39.3 Å². The molecule has 1 saturated carbocycles. The first-order chi connectivity index (χ1) is 10.7. The van der Waals surface area contributed by atoms with Crippen LogP contribution in [0.4, 0.5) is 8.78 Å². The molecule has 3 rings (SSSR count). The minimum atomic E-state index is -2.82. The van der Waals surface area contributed by atoms with Gasteiger partial charge in [-0.1, -0.05) is 24.3 Å². The molecular formula is C17H18F2N2O. The summed E-state index contributed by atoms with van der Waals surface area (Å²) in [7, 11) is 0. The molecule has 0 amide bonds. The van der Waals surface area contributed by atoms with Gasteiger partial charge in [0.2, 0.25) is 0 Å². The molecule has 5 heteroatoms. The standard InChI is InChI=1S/C17H18F2N2O/c18-17(19)22-16-7-6-15(21-11-16)10-20-9-12-2-1-3-14(8-12)13-4-5-13/h1-3,6-8,11,13,17,20H,4-5,9-10H2. The molecule has 22 heavy (non-hydrogen) atoms. The van der Waals surface area contributed by atoms with E-state index < -0.39 is 6.61 Å². The Balaban J connectivity index is 1.49. The summed E-state index contributed by atoms with van der Waals surface area (Å²) in [6.07, 6.45) is 3.92. The Morgan fingerprint density at radius 1 is 1.18 bits per heavy atom. The van der Waals surface area contributed by atoms with Crippen LogP contribution < -0.4 is 10.1 Å². The predicted molar refractivity (Wildman–Crippen MR) is 79.8 cm³/mol. The first-order valence-corrected chi connectivity index (χ1v) is 7.40. The molecule has 2 aromatic rings. The second-order valence-corrected chi connectivity index (χ2v) is 5.49. The molecule has 1 aliphatic carbocycles. The Bertz CT molecular complexity index is 612. The average molecular weight is 304 g/mol. The molecular weight excluding hydrogens is 286 g/mol. The topological polar surface area (TPSA) is 34.1 Å². The van der Waals surface area contributed by atoms with Crippen LogP contribution in [0.2, 0.25) is 0 Å². The molecule has 0 bridgehead atoms. The SMILES string of the molecule is FC(F)Oc1ccc(CNCc2cccc(C3CC3)c2)nc1. The Morgan fingerprint density at radius 3 is 2.73 bits per heavy atom. The Hall–Kier alpha value is -2.01. The molecule has 1 aliphatic rings. The van der Waals surface area contributed by atoms with E-state index in [-0.39, 0.29) is 5.75 Å². The van der Waals surface area contributed by atoms with Gasteiger partial charge in [0, 0.05) is 13.1 Å². The number of benzene rings is 1. The van der Waals surface area contributed by atoms with Crippen molar-refractivity contribution in [1.82, 2.24) is 10.3 Å². The molecule has 0 unspecified atom stereocenters. The third-order valence-corrected chi connectivity index (χ3v) is 3.66. The lowest BCUT2D eigenvalue weighted by Gasteiger charge is -2.08. The summed E-state index contributed by atoms with van der Waals surface area (Å²) >= 11 is 0. The maximum absolute atomic E-state index is 12.0. The average Bonchev–Trinajstić information content (AvgIpc) is 3.34. The van der Waals surface area contributed by atoms with Crippen molar-refractivity contribution in [3.05, 3.63) is 59.4 Å². The third kappa shape index (κ3) is 4.24. The van der Waals surface area contributed by atoms with Gasteiger partial charge in [0.15, 0.2) is 0 Å². The van der Waals surface area contributed by atoms with Crippen LogP contribution in [0.25, 0.3) is 0 Å². The minimum absolute atomic E-state index is 0.0795. The summed E-state index contributed by atoms with van der Waals surface area (Å²) in [5.74, 6) is 0.833. The molecule has 0 atom stereocenters. The summed E-state index contributed by atoms with van der Waals surface area (Å²) in [4.78, 5) is 4.10. The van der Waals surface area contributed by atoms with Crippen molar-refractivity contribution in [2.24, 2.45) is 0 Å². The summed E-state index contributed by atoms with van der Waals surface area (Å²) in [5, 5.41) is 3.31. The summed E-state index contributed by atoms with van der Waals surface area (Å²) in [5.41, 5.74) is 3.47. The molecule has 0 spiro atoms. The van der Waals surface area contributed by atoms with Gasteiger partial charge in [-0.25, -0.2) is 0 Å². The van der Waals surface area contributed by atoms with E-state index in [0.29, 0.717) is 6.54 Å². The number of nitrogens with zero attached hydrogens (tertiary/aromatic N) is 1. The first kappa shape index (κ1) is 14.9. The molecule has 1 heterocycles. The van der Waals surface area contributed by atoms with Crippen molar-refractivity contribution in [2.75, 3.05) is 0 Å². The normalized spacial score (nSPS) is 14.3. The van der Waals surface area contributed by atoms with Crippen molar-refractivity contribution in [1.29, 1.82) is 0 Å². The molecule has 1 aromatic heterocycles. The smallest absolute Gasteiger partial charge is 0.387 e. The van der Waals surface area contributed by atoms with E-state index in [4.69, 9.17) is 0 Å². The van der Waals surface area contributed by atoms with Crippen molar-refractivity contribution >= 4 is 0 Å². The molecule has 3 nitrogen and oxygen atoms in total. The fraction of sp³-hybridized carbons (Fsp3) is 0.353. The van der Waals surface area contributed by atoms with Crippen LogP contribution >= 0.6 is 0 Å². The first-order valence-electron chi connectivity index (χ1n) is 7.40. The Labute approximate surface area is 128 Å². The van der Waals surface area contributed by atoms with E-state index in [0.717, 1.165) is 18.2 Å². The highest BCUT2D eigenvalue weighted by Gasteiger charge is 2.23. The molecule has 1 fully saturated rings. The van der Waals surface area contributed by atoms with Gasteiger partial charge >= 0.3 is 6.61 Å². The van der Waals surface area contributed by atoms with Gasteiger partial charge < -0.3 is 10.1 Å². The maximum atomic E-state index is 12.0. The van der Waals surface area contributed by atoms with E-state index in [9.17, 15) is 8.78 Å². The van der Waals surface area contributed by atoms with E-state index in [1.807, 2.05) is 0 Å². The number of alkyl halides is 2. The molecule has 0 saturated heterocycles. The minimum Gasteiger partial charge on any atom is -0.433 e. The number of rotatable bonds is 7. The number of ether oxygens (including phenoxy) is 1. The van der Waals surface area contributed by atoms with Gasteiger partial charge in [0.25, 0.3) is 0 Å². The van der Waals surface area contributed by atoms with Crippen LogP contribution in [0, 0.1) is 0 Å². The Kier molecular flexibility index (Phi) is 4.63. The van der Waals surface area contributed by atoms with Gasteiger partial charge in [-0.2, -0.15) is 8.78 Å². The van der Waals surface area contributed by atoms with E-state index >= 15 is 0 Å². The fourth-order valence-electron chi connectivity index (χ4n) is 2.40. The van der Waals surface area contributed by atoms with Gasteiger partial charge in [0.1, 0.15) is 5.75 Å². The third-order valence-electron chi connectivity index (χ3n) is 3.66. The van der Waals surface area contributed by atoms with Crippen molar-refractivity contribution in [3.8, 4) is 5.75 Å². The summed E-state index contributed by atoms with van der Waals surface area (Å²) < 4.78 is 28.4. The van der Waals surface area contributed by atoms with Crippen molar-refractivity contribution in [2.45, 2.75) is 38.5 Å². The van der Waals surface area contributed by atoms with Crippen LogP contribution in [0.5, 0.6) is 5.75 Å². The van der Waals surface area contributed by atoms with Crippen LogP contribution in [-0.2, 0) is 13.1 Å². The zero-order valence-electron chi connectivity index (χ0n) is 12.1. The van der Waals surface area contributed by atoms with Gasteiger partial charge in [-0.05, 0) is 42.0 Å². The van der Waals surface area contributed by atoms with E-state index in [1.54, 1.807) is 6.07 Å². The molecule has 1 N–H and O–H groups in total. The highest BCUT2D eigenvalue weighted by molar-refractivity contribution is 5.29. The highest BCUT2D eigenvalue weighted by atomic mass is 19.3. The number of halogens is 2. The highest BCUT2D eigenvalue weighted by Crippen LogP contribution is 2.40. The number of pyridine rings is 1. The molecule has 0 aliphatic heterocycles. The van der Waals surface area contributed by atoms with Gasteiger partial charge in [-0.15, -0.1) is 0 Å². The summed E-state index contributed by atoms with van der Waals surface area (Å²) in [6.45, 7) is -1.47. The molecule has 116 valence electrons. The van der Waals surface area contributed by atoms with Crippen molar-refractivity contribution in [3.63, 3.8) is 0 Å². The quantitative estimate of drug-likeness (QED) is 0.843. The number of nitrogens with one attached hydrogen (secondary N) is 1. The van der Waals surface area contributed by atoms with Crippen LogP contribution in [-0.4, -0.2) is 11.6 Å². The fourth-order valence-corrected chi connectivity index (χ4v) is 2.40. The lowest BCUT2D eigenvalue weighted by Crippen LogP contribution is -2.14. The number of hydrogen-bond acceptors (Lipinski definition) is 3. The number of hydrogen-bond donors (Lipinski definition) is 1. The second kappa shape index (κ2) is 6.83. The lowest BCUT2D eigenvalue weighted by atomic mass is 10.1. The van der Waals surface area contributed by atoms with Crippen molar-refractivity contribution < 1.29 is 13.5 Å². The lowest BCUT2D eigenvalue weighted by molar-refractivity contribution is -0.0500. The zero-order valence-corrected chi connectivity index (χ0v) is 12.1. The molecule has 0 radical (unpaired) electrons. The van der Waals surface area contributed by atoms with E-state index in [1.165, 1.54) is 36.2 Å². The van der Waals surface area contributed by atoms with Gasteiger partial charge in [-0.3, -0.25) is 4.98 Å². The Morgan fingerprint density at radius 2 is 2.05 bits per heavy atom. The largest absolute Gasteiger partial charge is 0.433 e. The monoisotopic (exact) mass is 304 g/mol. The molecule has 1 aromatic carbocycles. The van der Waals surface area contributed by atoms with Crippen LogP contribution in [0.3, 0.4) is 0 Å². The summed E-state index contributed by atoms with van der Waals surface area (Å²) in [6, 6.07) is 11.8. The van der Waals surface area contributed by atoms with Gasteiger partial charge in [0.05, 0.1) is 11.9 Å². The predicted octanol–water partition coefficient (Wildman–Crippen LogP) is 3.85. The maximum Gasteiger partial charge on any atom is 0.387 e. The number of aromatic nitrogens is 1. The second-order valence-electron chi connectivity index (χ2n) is 5.49. The van der Waals surface area contributed by atoms with Crippen LogP contribution in [0.1, 0.15) is 35.6 Å². The zero-order chi connectivity index (χ0) is 15.4.